The van der Waals surface area contributed by atoms with Crippen LogP contribution in [0.2, 0.25) is 0 Å². The van der Waals surface area contributed by atoms with E-state index in [4.69, 9.17) is 5.73 Å². The number of imidazole rings is 1. The van der Waals surface area contributed by atoms with Crippen LogP contribution in [-0.4, -0.2) is 101 Å². The maximum atomic E-state index is 13.4. The van der Waals surface area contributed by atoms with Gasteiger partial charge in [-0.05, 0) is 12.8 Å². The molecule has 0 unspecified atom stereocenters. The Bertz CT molecular complexity index is 1010. The van der Waals surface area contributed by atoms with Crippen molar-refractivity contribution in [2.45, 2.75) is 38.3 Å². The van der Waals surface area contributed by atoms with Crippen LogP contribution in [0.25, 0.3) is 0 Å². The maximum Gasteiger partial charge on any atom is 0.246 e. The van der Waals surface area contributed by atoms with Crippen LogP contribution in [0.1, 0.15) is 25.5 Å². The molecule has 2 rings (SSSR count). The number of carbonyl (C=O) groups excluding carboxylic acids is 7. The standard InChI is InChI=1S/C21H31N9O7/c1-12(31)24-8-17(33)26-10-19(35)29-14(5-13-6-23-11-28-13)21(37)30-4-2-3-15(30)20(36)27-9-18(34)25-7-16(22)32/h6,11,14-15H,2-5,7-10H2,1H3,(H2,22,32)(H,23,28)(H,24,31)(H,25,34)(H,26,33)(H,27,36)(H,29,35)/t14-,15-/m0/s1. The normalized spacial score (nSPS) is 15.3. The molecule has 37 heavy (non-hydrogen) atoms. The second-order valence-electron chi connectivity index (χ2n) is 8.24. The van der Waals surface area contributed by atoms with Gasteiger partial charge < -0.3 is 42.2 Å². The zero-order valence-corrected chi connectivity index (χ0v) is 20.3. The molecule has 1 aliphatic rings. The van der Waals surface area contributed by atoms with Gasteiger partial charge in [0.2, 0.25) is 41.4 Å². The molecule has 16 heteroatoms. The Labute approximate surface area is 211 Å². The van der Waals surface area contributed by atoms with Crippen molar-refractivity contribution >= 4 is 41.4 Å². The van der Waals surface area contributed by atoms with Gasteiger partial charge in [-0.25, -0.2) is 4.98 Å². The van der Waals surface area contributed by atoms with E-state index in [1.54, 1.807) is 0 Å². The summed E-state index contributed by atoms with van der Waals surface area (Å²) in [4.78, 5) is 91.8. The van der Waals surface area contributed by atoms with E-state index >= 15 is 0 Å². The topological polar surface area (TPSA) is 238 Å². The molecule has 0 spiro atoms. The molecule has 7 amide bonds. The lowest BCUT2D eigenvalue weighted by atomic mass is 10.1. The molecule has 16 nitrogen and oxygen atoms in total. The van der Waals surface area contributed by atoms with Gasteiger partial charge in [0.25, 0.3) is 0 Å². The number of hydrogen-bond donors (Lipinski definition) is 7. The molecule has 0 aliphatic carbocycles. The highest BCUT2D eigenvalue weighted by atomic mass is 16.2. The van der Waals surface area contributed by atoms with Crippen molar-refractivity contribution in [2.75, 3.05) is 32.7 Å². The summed E-state index contributed by atoms with van der Waals surface area (Å²) < 4.78 is 0. The van der Waals surface area contributed by atoms with Crippen molar-refractivity contribution in [1.29, 1.82) is 0 Å². The zero-order chi connectivity index (χ0) is 27.4. The SMILES string of the molecule is CC(=O)NCC(=O)NCC(=O)N[C@@H](Cc1cnc[nH]1)C(=O)N1CCC[C@H]1C(=O)NCC(=O)NCC(N)=O. The summed E-state index contributed by atoms with van der Waals surface area (Å²) in [6.07, 6.45) is 3.83. The summed E-state index contributed by atoms with van der Waals surface area (Å²) >= 11 is 0. The monoisotopic (exact) mass is 521 g/mol. The summed E-state index contributed by atoms with van der Waals surface area (Å²) in [6, 6.07) is -1.94. The first kappa shape index (κ1) is 28.7. The van der Waals surface area contributed by atoms with Crippen molar-refractivity contribution in [1.82, 2.24) is 41.5 Å². The van der Waals surface area contributed by atoms with Crippen LogP contribution >= 0.6 is 0 Å². The van der Waals surface area contributed by atoms with Crippen LogP contribution in [0.15, 0.2) is 12.5 Å². The van der Waals surface area contributed by atoms with Gasteiger partial charge in [-0.15, -0.1) is 0 Å². The highest BCUT2D eigenvalue weighted by Crippen LogP contribution is 2.19. The molecule has 8 N–H and O–H groups in total. The Morgan fingerprint density at radius 2 is 1.65 bits per heavy atom. The molecular weight excluding hydrogens is 490 g/mol. The van der Waals surface area contributed by atoms with Gasteiger partial charge in [0.1, 0.15) is 12.1 Å². The highest BCUT2D eigenvalue weighted by Gasteiger charge is 2.38. The van der Waals surface area contributed by atoms with Crippen LogP contribution in [-0.2, 0) is 40.0 Å². The summed E-state index contributed by atoms with van der Waals surface area (Å²) in [7, 11) is 0. The Morgan fingerprint density at radius 1 is 1.00 bits per heavy atom. The molecule has 202 valence electrons. The van der Waals surface area contributed by atoms with Crippen LogP contribution in [0, 0.1) is 0 Å². The molecule has 1 aliphatic heterocycles. The fourth-order valence-corrected chi connectivity index (χ4v) is 3.54. The quantitative estimate of drug-likeness (QED) is 0.133. The third kappa shape index (κ3) is 9.95. The number of rotatable bonds is 13. The molecular formula is C21H31N9O7. The highest BCUT2D eigenvalue weighted by molar-refractivity contribution is 5.95. The van der Waals surface area contributed by atoms with Gasteiger partial charge in [-0.2, -0.15) is 0 Å². The van der Waals surface area contributed by atoms with Crippen molar-refractivity contribution in [3.63, 3.8) is 0 Å². The number of likely N-dealkylation sites (tertiary alicyclic amines) is 1. The number of aromatic amines is 1. The van der Waals surface area contributed by atoms with Crippen molar-refractivity contribution in [2.24, 2.45) is 5.73 Å². The number of aromatic nitrogens is 2. The van der Waals surface area contributed by atoms with Gasteiger partial charge in [-0.3, -0.25) is 33.6 Å². The number of nitrogens with zero attached hydrogens (tertiary/aromatic N) is 2. The second-order valence-corrected chi connectivity index (χ2v) is 8.24. The second kappa shape index (κ2) is 14.2. The number of hydrogen-bond acceptors (Lipinski definition) is 8. The average Bonchev–Trinajstić information content (AvgIpc) is 3.55. The number of primary amides is 1. The molecule has 0 bridgehead atoms. The molecule has 2 heterocycles. The zero-order valence-electron chi connectivity index (χ0n) is 20.3. The Kier molecular flexibility index (Phi) is 11.0. The van der Waals surface area contributed by atoms with Crippen LogP contribution in [0.3, 0.4) is 0 Å². The van der Waals surface area contributed by atoms with E-state index in [9.17, 15) is 33.6 Å². The number of H-pyrrole nitrogens is 1. The lowest BCUT2D eigenvalue weighted by Crippen LogP contribution is -2.56. The van der Waals surface area contributed by atoms with Gasteiger partial charge in [-0.1, -0.05) is 0 Å². The van der Waals surface area contributed by atoms with Gasteiger partial charge in [0.05, 0.1) is 32.5 Å². The van der Waals surface area contributed by atoms with E-state index in [0.29, 0.717) is 18.5 Å². The summed E-state index contributed by atoms with van der Waals surface area (Å²) in [5.41, 5.74) is 5.52. The van der Waals surface area contributed by atoms with E-state index < -0.39 is 66.5 Å². The molecule has 1 saturated heterocycles. The molecule has 0 radical (unpaired) electrons. The Hall–Kier alpha value is -4.50. The average molecular weight is 522 g/mol. The molecule has 2 atom stereocenters. The third-order valence-corrected chi connectivity index (χ3v) is 5.28. The van der Waals surface area contributed by atoms with E-state index in [0.717, 1.165) is 0 Å². The molecule has 1 fully saturated rings. The van der Waals surface area contributed by atoms with Gasteiger partial charge in [0, 0.05) is 31.8 Å². The predicted octanol–water partition coefficient (Wildman–Crippen LogP) is -4.60. The Balaban J connectivity index is 2.00. The van der Waals surface area contributed by atoms with Crippen molar-refractivity contribution in [3.8, 4) is 0 Å². The molecule has 1 aromatic heterocycles. The van der Waals surface area contributed by atoms with Crippen LogP contribution < -0.4 is 32.3 Å². The summed E-state index contributed by atoms with van der Waals surface area (Å²) in [6.45, 7) is -0.00772. The fraction of sp³-hybridized carbons (Fsp3) is 0.524. The first-order valence-electron chi connectivity index (χ1n) is 11.5. The number of nitrogens with two attached hydrogens (primary N) is 1. The Morgan fingerprint density at radius 3 is 2.27 bits per heavy atom. The number of carbonyl (C=O) groups is 7. The predicted molar refractivity (Wildman–Crippen MR) is 126 cm³/mol. The van der Waals surface area contributed by atoms with Crippen molar-refractivity contribution in [3.05, 3.63) is 18.2 Å². The van der Waals surface area contributed by atoms with E-state index in [1.807, 2.05) is 0 Å². The lowest BCUT2D eigenvalue weighted by Gasteiger charge is -2.28. The molecule has 0 aromatic carbocycles. The first-order chi connectivity index (χ1) is 17.6. The van der Waals surface area contributed by atoms with Crippen LogP contribution in [0.4, 0.5) is 0 Å². The van der Waals surface area contributed by atoms with E-state index in [2.05, 4.69) is 36.6 Å². The minimum Gasteiger partial charge on any atom is -0.368 e. The van der Waals surface area contributed by atoms with Crippen LogP contribution in [0.5, 0.6) is 0 Å². The third-order valence-electron chi connectivity index (χ3n) is 5.28. The summed E-state index contributed by atoms with van der Waals surface area (Å²) in [5, 5.41) is 11.9. The van der Waals surface area contributed by atoms with E-state index in [-0.39, 0.29) is 26.1 Å². The lowest BCUT2D eigenvalue weighted by molar-refractivity contribution is -0.141. The van der Waals surface area contributed by atoms with Crippen molar-refractivity contribution < 1.29 is 33.6 Å². The molecule has 1 aromatic rings. The van der Waals surface area contributed by atoms with Gasteiger partial charge in [0.15, 0.2) is 0 Å². The fourth-order valence-electron chi connectivity index (χ4n) is 3.54. The number of amides is 7. The number of nitrogens with one attached hydrogen (secondary N) is 6. The minimum absolute atomic E-state index is 0.0464. The smallest absolute Gasteiger partial charge is 0.246 e. The van der Waals surface area contributed by atoms with Gasteiger partial charge >= 0.3 is 0 Å². The van der Waals surface area contributed by atoms with E-state index in [1.165, 1.54) is 24.3 Å². The summed E-state index contributed by atoms with van der Waals surface area (Å²) in [5.74, 6) is -4.07. The first-order valence-corrected chi connectivity index (χ1v) is 11.5. The largest absolute Gasteiger partial charge is 0.368 e. The minimum atomic E-state index is -1.08. The molecule has 0 saturated carbocycles. The maximum absolute atomic E-state index is 13.4.